The van der Waals surface area contributed by atoms with Crippen LogP contribution in [0.15, 0.2) is 53.6 Å². The predicted molar refractivity (Wildman–Crippen MR) is 84.9 cm³/mol. The molecule has 2 N–H and O–H groups in total. The van der Waals surface area contributed by atoms with Crippen LogP contribution in [0, 0.1) is 11.3 Å². The number of para-hydroxylation sites is 3. The van der Waals surface area contributed by atoms with Gasteiger partial charge in [0.2, 0.25) is 5.95 Å². The minimum Gasteiger partial charge on any atom is -0.478 e. The van der Waals surface area contributed by atoms with Crippen molar-refractivity contribution < 1.29 is 4.74 Å². The zero-order valence-electron chi connectivity index (χ0n) is 11.7. The van der Waals surface area contributed by atoms with E-state index in [1.165, 1.54) is 0 Å². The fraction of sp³-hybridized carbons (Fsp3) is 0.0625. The van der Waals surface area contributed by atoms with Gasteiger partial charge < -0.3 is 9.72 Å². The summed E-state index contributed by atoms with van der Waals surface area (Å²) in [5, 5.41) is 12.7. The van der Waals surface area contributed by atoms with Gasteiger partial charge in [-0.15, -0.1) is 0 Å². The second kappa shape index (κ2) is 6.41. The summed E-state index contributed by atoms with van der Waals surface area (Å²) >= 11 is 0. The van der Waals surface area contributed by atoms with E-state index in [-0.39, 0.29) is 6.61 Å². The number of imidazole rings is 1. The van der Waals surface area contributed by atoms with Gasteiger partial charge in [-0.1, -0.05) is 24.3 Å². The Hall–Kier alpha value is -3.33. The molecule has 3 aromatic rings. The van der Waals surface area contributed by atoms with Gasteiger partial charge in [-0.05, 0) is 24.3 Å². The molecule has 1 heterocycles. The number of hydrazone groups is 1. The molecule has 2 aromatic carbocycles. The van der Waals surface area contributed by atoms with Gasteiger partial charge >= 0.3 is 0 Å². The number of aromatic nitrogens is 2. The third kappa shape index (κ3) is 3.04. The van der Waals surface area contributed by atoms with E-state index in [1.54, 1.807) is 12.3 Å². The number of ether oxygens (including phenoxy) is 1. The average molecular weight is 291 g/mol. The molecular weight excluding hydrogens is 278 g/mol. The van der Waals surface area contributed by atoms with Crippen molar-refractivity contribution in [3.63, 3.8) is 0 Å². The van der Waals surface area contributed by atoms with Gasteiger partial charge in [0.15, 0.2) is 6.61 Å². The van der Waals surface area contributed by atoms with E-state index in [1.807, 2.05) is 48.5 Å². The van der Waals surface area contributed by atoms with Crippen LogP contribution in [-0.4, -0.2) is 22.8 Å². The normalized spacial score (nSPS) is 10.7. The van der Waals surface area contributed by atoms with Crippen LogP contribution in [-0.2, 0) is 0 Å². The maximum absolute atomic E-state index is 8.58. The Morgan fingerprint density at radius 2 is 2.05 bits per heavy atom. The molecule has 22 heavy (non-hydrogen) atoms. The highest BCUT2D eigenvalue weighted by Crippen LogP contribution is 2.16. The maximum Gasteiger partial charge on any atom is 0.222 e. The van der Waals surface area contributed by atoms with Crippen LogP contribution in [0.5, 0.6) is 5.75 Å². The van der Waals surface area contributed by atoms with E-state index in [0.717, 1.165) is 16.6 Å². The molecule has 0 spiro atoms. The van der Waals surface area contributed by atoms with E-state index < -0.39 is 0 Å². The largest absolute Gasteiger partial charge is 0.478 e. The number of anilines is 1. The number of benzene rings is 2. The highest BCUT2D eigenvalue weighted by atomic mass is 16.5. The lowest BCUT2D eigenvalue weighted by Crippen LogP contribution is -1.98. The van der Waals surface area contributed by atoms with Gasteiger partial charge in [0, 0.05) is 5.56 Å². The summed E-state index contributed by atoms with van der Waals surface area (Å²) in [4.78, 5) is 7.48. The smallest absolute Gasteiger partial charge is 0.222 e. The molecule has 0 aliphatic carbocycles. The minimum atomic E-state index is 0.00184. The lowest BCUT2D eigenvalue weighted by atomic mass is 10.2. The molecule has 0 unspecified atom stereocenters. The summed E-state index contributed by atoms with van der Waals surface area (Å²) in [6, 6.07) is 17.1. The molecule has 0 atom stereocenters. The number of aromatic amines is 1. The first-order valence-corrected chi connectivity index (χ1v) is 6.69. The standard InChI is InChI=1S/C16H13N5O/c17-9-10-22-15-8-4-1-5-12(15)11-18-21-16-19-13-6-2-3-7-14(13)20-16/h1-8,11H,10H2,(H2,19,20,21)/b18-11+. The Kier molecular flexibility index (Phi) is 3.98. The van der Waals surface area contributed by atoms with Crippen molar-refractivity contribution >= 4 is 23.2 Å². The van der Waals surface area contributed by atoms with Crippen LogP contribution in [0.3, 0.4) is 0 Å². The zero-order valence-corrected chi connectivity index (χ0v) is 11.7. The van der Waals surface area contributed by atoms with E-state index in [0.29, 0.717) is 11.7 Å². The Balaban J connectivity index is 1.73. The minimum absolute atomic E-state index is 0.00184. The van der Waals surface area contributed by atoms with Crippen LogP contribution < -0.4 is 10.2 Å². The summed E-state index contributed by atoms with van der Waals surface area (Å²) in [6.07, 6.45) is 1.62. The highest BCUT2D eigenvalue weighted by molar-refractivity contribution is 5.84. The first-order valence-electron chi connectivity index (χ1n) is 6.69. The third-order valence-corrected chi connectivity index (χ3v) is 2.97. The fourth-order valence-electron chi connectivity index (χ4n) is 2.00. The molecule has 0 fully saturated rings. The van der Waals surface area contributed by atoms with E-state index in [2.05, 4.69) is 20.5 Å². The van der Waals surface area contributed by atoms with Gasteiger partial charge in [-0.2, -0.15) is 10.4 Å². The number of nitrogens with one attached hydrogen (secondary N) is 2. The summed E-state index contributed by atoms with van der Waals surface area (Å²) < 4.78 is 5.33. The number of hydrogen-bond donors (Lipinski definition) is 2. The quantitative estimate of drug-likeness (QED) is 0.559. The molecule has 6 heteroatoms. The second-order valence-electron chi connectivity index (χ2n) is 4.46. The number of H-pyrrole nitrogens is 1. The molecule has 0 aliphatic heterocycles. The molecule has 0 saturated carbocycles. The molecular formula is C16H13N5O. The Labute approximate surface area is 127 Å². The summed E-state index contributed by atoms with van der Waals surface area (Å²) in [7, 11) is 0. The first kappa shape index (κ1) is 13.6. The predicted octanol–water partition coefficient (Wildman–Crippen LogP) is 2.91. The van der Waals surface area contributed by atoms with Crippen molar-refractivity contribution in [2.24, 2.45) is 5.10 Å². The zero-order chi connectivity index (χ0) is 15.2. The molecule has 108 valence electrons. The molecule has 0 aliphatic rings. The van der Waals surface area contributed by atoms with E-state index in [4.69, 9.17) is 10.00 Å². The maximum atomic E-state index is 8.58. The second-order valence-corrected chi connectivity index (χ2v) is 4.46. The van der Waals surface area contributed by atoms with Crippen LogP contribution in [0.1, 0.15) is 5.56 Å². The fourth-order valence-corrected chi connectivity index (χ4v) is 2.00. The van der Waals surface area contributed by atoms with Crippen molar-refractivity contribution in [1.82, 2.24) is 9.97 Å². The SMILES string of the molecule is N#CCOc1ccccc1/C=N/Nc1nc2ccccc2[nH]1. The van der Waals surface area contributed by atoms with Crippen LogP contribution in [0.25, 0.3) is 11.0 Å². The Morgan fingerprint density at radius 3 is 2.91 bits per heavy atom. The highest BCUT2D eigenvalue weighted by Gasteiger charge is 2.01. The van der Waals surface area contributed by atoms with Crippen molar-refractivity contribution in [3.8, 4) is 11.8 Å². The lowest BCUT2D eigenvalue weighted by molar-refractivity contribution is 0.367. The van der Waals surface area contributed by atoms with Crippen molar-refractivity contribution in [2.45, 2.75) is 0 Å². The van der Waals surface area contributed by atoms with Gasteiger partial charge in [-0.25, -0.2) is 10.4 Å². The van der Waals surface area contributed by atoms with Gasteiger partial charge in [-0.3, -0.25) is 0 Å². The van der Waals surface area contributed by atoms with Gasteiger partial charge in [0.25, 0.3) is 0 Å². The molecule has 0 amide bonds. The van der Waals surface area contributed by atoms with Crippen LogP contribution in [0.4, 0.5) is 5.95 Å². The van der Waals surface area contributed by atoms with Crippen molar-refractivity contribution in [3.05, 3.63) is 54.1 Å². The number of hydrogen-bond acceptors (Lipinski definition) is 5. The Morgan fingerprint density at radius 1 is 1.23 bits per heavy atom. The molecule has 0 radical (unpaired) electrons. The third-order valence-electron chi connectivity index (χ3n) is 2.97. The van der Waals surface area contributed by atoms with E-state index >= 15 is 0 Å². The molecule has 6 nitrogen and oxygen atoms in total. The number of nitriles is 1. The summed E-state index contributed by atoms with van der Waals surface area (Å²) in [6.45, 7) is 0.00184. The molecule has 0 bridgehead atoms. The summed E-state index contributed by atoms with van der Waals surface area (Å²) in [5.74, 6) is 1.17. The molecule has 0 saturated heterocycles. The monoisotopic (exact) mass is 291 g/mol. The summed E-state index contributed by atoms with van der Waals surface area (Å²) in [5.41, 5.74) is 5.44. The molecule has 3 rings (SSSR count). The van der Waals surface area contributed by atoms with Crippen molar-refractivity contribution in [1.29, 1.82) is 5.26 Å². The number of nitrogens with zero attached hydrogens (tertiary/aromatic N) is 3. The van der Waals surface area contributed by atoms with Gasteiger partial charge in [0.05, 0.1) is 17.2 Å². The lowest BCUT2D eigenvalue weighted by Gasteiger charge is -2.04. The van der Waals surface area contributed by atoms with Gasteiger partial charge in [0.1, 0.15) is 11.8 Å². The average Bonchev–Trinajstić information content (AvgIpc) is 2.96. The van der Waals surface area contributed by atoms with Crippen molar-refractivity contribution in [2.75, 3.05) is 12.0 Å². The Bertz CT molecular complexity index is 814. The number of fused-ring (bicyclic) bond motifs is 1. The van der Waals surface area contributed by atoms with E-state index in [9.17, 15) is 0 Å². The van der Waals surface area contributed by atoms with Crippen LogP contribution >= 0.6 is 0 Å². The topological polar surface area (TPSA) is 86.1 Å². The first-order chi connectivity index (χ1) is 10.9. The number of rotatable bonds is 5. The molecule has 1 aromatic heterocycles. The van der Waals surface area contributed by atoms with Crippen LogP contribution in [0.2, 0.25) is 0 Å².